The number of hydrogen-bond donors (Lipinski definition) is 0. The Labute approximate surface area is 158 Å². The quantitative estimate of drug-likeness (QED) is 0.655. The van der Waals surface area contributed by atoms with Crippen molar-refractivity contribution in [2.75, 3.05) is 45.5 Å². The zero-order chi connectivity index (χ0) is 19.8. The minimum atomic E-state index is -3.43. The number of rotatable bonds is 4. The van der Waals surface area contributed by atoms with Crippen LogP contribution in [-0.4, -0.2) is 90.0 Å². The van der Waals surface area contributed by atoms with Gasteiger partial charge in [0.15, 0.2) is 5.82 Å². The smallest absolute Gasteiger partial charge is 0.236 e. The highest BCUT2D eigenvalue weighted by Gasteiger charge is 2.48. The van der Waals surface area contributed by atoms with E-state index in [4.69, 9.17) is 4.52 Å². The minimum absolute atomic E-state index is 0.00669. The molecule has 3 rings (SSSR count). The summed E-state index contributed by atoms with van der Waals surface area (Å²) in [7, 11) is -3.43. The van der Waals surface area contributed by atoms with Crippen LogP contribution in [0, 0.1) is 12.3 Å². The highest BCUT2D eigenvalue weighted by molar-refractivity contribution is 7.88. The Morgan fingerprint density at radius 2 is 2.00 bits per heavy atom. The maximum absolute atomic E-state index is 12.8. The zero-order valence-corrected chi connectivity index (χ0v) is 16.7. The molecular formula is C16H25N5O5S. The summed E-state index contributed by atoms with van der Waals surface area (Å²) in [5, 5.41) is 3.68. The molecule has 1 spiro atoms. The van der Waals surface area contributed by atoms with Gasteiger partial charge in [0.1, 0.15) is 6.42 Å². The first kappa shape index (κ1) is 19.7. The van der Waals surface area contributed by atoms with Gasteiger partial charge in [-0.15, -0.1) is 0 Å². The van der Waals surface area contributed by atoms with Crippen molar-refractivity contribution in [3.05, 3.63) is 11.7 Å². The van der Waals surface area contributed by atoms with E-state index in [0.717, 1.165) is 6.26 Å². The van der Waals surface area contributed by atoms with Gasteiger partial charge in [0.05, 0.1) is 6.26 Å². The third-order valence-corrected chi connectivity index (χ3v) is 6.39. The summed E-state index contributed by atoms with van der Waals surface area (Å²) in [6.07, 6.45) is 1.35. The van der Waals surface area contributed by atoms with Crippen LogP contribution in [0.5, 0.6) is 0 Å². The van der Waals surface area contributed by atoms with Gasteiger partial charge < -0.3 is 14.3 Å². The Kier molecular flexibility index (Phi) is 5.26. The molecule has 0 aliphatic carbocycles. The highest BCUT2D eigenvalue weighted by atomic mass is 32.2. The van der Waals surface area contributed by atoms with E-state index in [-0.39, 0.29) is 50.2 Å². The molecule has 2 aliphatic heterocycles. The van der Waals surface area contributed by atoms with Gasteiger partial charge in [-0.1, -0.05) is 5.16 Å². The molecule has 2 aliphatic rings. The van der Waals surface area contributed by atoms with Crippen molar-refractivity contribution in [3.63, 3.8) is 0 Å². The van der Waals surface area contributed by atoms with Crippen LogP contribution in [0.1, 0.15) is 25.1 Å². The second kappa shape index (κ2) is 7.19. The number of likely N-dealkylation sites (tertiary alicyclic amines) is 1. The molecule has 1 unspecified atom stereocenters. The van der Waals surface area contributed by atoms with Gasteiger partial charge in [-0.3, -0.25) is 9.59 Å². The Bertz CT molecular complexity index is 838. The van der Waals surface area contributed by atoms with Gasteiger partial charge in [-0.25, -0.2) is 8.42 Å². The fourth-order valence-corrected chi connectivity index (χ4v) is 4.77. The van der Waals surface area contributed by atoms with E-state index in [1.807, 2.05) is 6.92 Å². The summed E-state index contributed by atoms with van der Waals surface area (Å²) < 4.78 is 30.7. The molecule has 1 atom stereocenters. The molecule has 3 heterocycles. The first-order valence-electron chi connectivity index (χ1n) is 8.92. The molecule has 10 nitrogen and oxygen atoms in total. The lowest BCUT2D eigenvalue weighted by Gasteiger charge is -2.33. The normalized spacial score (nSPS) is 24.6. The Morgan fingerprint density at radius 3 is 2.56 bits per heavy atom. The van der Waals surface area contributed by atoms with Gasteiger partial charge in [0, 0.05) is 51.1 Å². The third-order valence-electron chi connectivity index (χ3n) is 5.14. The second-order valence-corrected chi connectivity index (χ2v) is 9.39. The molecular weight excluding hydrogens is 374 g/mol. The van der Waals surface area contributed by atoms with Gasteiger partial charge >= 0.3 is 0 Å². The predicted octanol–water partition coefficient (Wildman–Crippen LogP) is -0.737. The van der Waals surface area contributed by atoms with Crippen molar-refractivity contribution in [1.29, 1.82) is 0 Å². The largest absolute Gasteiger partial charge is 0.342 e. The van der Waals surface area contributed by atoms with Crippen molar-refractivity contribution in [2.45, 2.75) is 26.7 Å². The van der Waals surface area contributed by atoms with E-state index in [1.54, 1.807) is 16.7 Å². The third kappa shape index (κ3) is 4.29. The number of amides is 2. The topological polar surface area (TPSA) is 117 Å². The predicted molar refractivity (Wildman–Crippen MR) is 95.0 cm³/mol. The van der Waals surface area contributed by atoms with E-state index in [1.165, 1.54) is 4.31 Å². The van der Waals surface area contributed by atoms with Crippen LogP contribution >= 0.6 is 0 Å². The lowest BCUT2D eigenvalue weighted by Crippen LogP contribution is -2.45. The fourth-order valence-electron chi connectivity index (χ4n) is 3.85. The Hall–Kier alpha value is -2.01. The van der Waals surface area contributed by atoms with Crippen molar-refractivity contribution < 1.29 is 22.5 Å². The summed E-state index contributed by atoms with van der Waals surface area (Å²) in [4.78, 5) is 32.5. The summed E-state index contributed by atoms with van der Waals surface area (Å²) in [6, 6.07) is 0. The molecule has 2 fully saturated rings. The average Bonchev–Trinajstić information content (AvgIpc) is 3.04. The van der Waals surface area contributed by atoms with E-state index in [2.05, 4.69) is 10.1 Å². The maximum atomic E-state index is 12.8. The SMILES string of the molecule is CCN1CC2(CC1=O)CN(C(=O)Cc1nc(C)no1)CCN(S(C)(=O)=O)C2. The molecule has 0 N–H and O–H groups in total. The highest BCUT2D eigenvalue weighted by Crippen LogP contribution is 2.35. The molecule has 11 heteroatoms. The molecule has 0 aromatic carbocycles. The van der Waals surface area contributed by atoms with E-state index >= 15 is 0 Å². The van der Waals surface area contributed by atoms with Crippen molar-refractivity contribution in [3.8, 4) is 0 Å². The van der Waals surface area contributed by atoms with Crippen molar-refractivity contribution >= 4 is 21.8 Å². The number of carbonyl (C=O) groups excluding carboxylic acids is 2. The molecule has 1 aromatic rings. The van der Waals surface area contributed by atoms with Crippen LogP contribution in [0.25, 0.3) is 0 Å². The molecule has 150 valence electrons. The average molecular weight is 399 g/mol. The van der Waals surface area contributed by atoms with Crippen LogP contribution in [-0.2, 0) is 26.0 Å². The minimum Gasteiger partial charge on any atom is -0.342 e. The number of sulfonamides is 1. The number of hydrogen-bond acceptors (Lipinski definition) is 7. The van der Waals surface area contributed by atoms with E-state index in [9.17, 15) is 18.0 Å². The number of aromatic nitrogens is 2. The van der Waals surface area contributed by atoms with Crippen LogP contribution in [0.2, 0.25) is 0 Å². The fraction of sp³-hybridized carbons (Fsp3) is 0.750. The number of carbonyl (C=O) groups is 2. The van der Waals surface area contributed by atoms with Gasteiger partial charge in [0.2, 0.25) is 27.7 Å². The van der Waals surface area contributed by atoms with E-state index < -0.39 is 15.4 Å². The Morgan fingerprint density at radius 1 is 1.26 bits per heavy atom. The standard InChI is InChI=1S/C16H25N5O5S/c1-4-19-9-16(8-15(19)23)10-20(5-6-21(11-16)27(3,24)25)14(22)7-13-17-12(2)18-26-13/h4-11H2,1-3H3. The lowest BCUT2D eigenvalue weighted by atomic mass is 9.86. The van der Waals surface area contributed by atoms with Crippen molar-refractivity contribution in [1.82, 2.24) is 24.2 Å². The summed E-state index contributed by atoms with van der Waals surface area (Å²) in [5.41, 5.74) is -0.604. The molecule has 27 heavy (non-hydrogen) atoms. The first-order chi connectivity index (χ1) is 12.6. The lowest BCUT2D eigenvalue weighted by molar-refractivity contribution is -0.132. The second-order valence-electron chi connectivity index (χ2n) is 7.41. The van der Waals surface area contributed by atoms with Crippen molar-refractivity contribution in [2.24, 2.45) is 5.41 Å². The summed E-state index contributed by atoms with van der Waals surface area (Å²) >= 11 is 0. The van der Waals surface area contributed by atoms with Crippen LogP contribution < -0.4 is 0 Å². The molecule has 0 bridgehead atoms. The summed E-state index contributed by atoms with van der Waals surface area (Å²) in [5.74, 6) is 0.463. The van der Waals surface area contributed by atoms with E-state index in [0.29, 0.717) is 25.5 Å². The molecule has 2 saturated heterocycles. The summed E-state index contributed by atoms with van der Waals surface area (Å²) in [6.45, 7) is 5.60. The van der Waals surface area contributed by atoms with Crippen LogP contribution in [0.15, 0.2) is 4.52 Å². The Balaban J connectivity index is 1.83. The monoisotopic (exact) mass is 399 g/mol. The van der Waals surface area contributed by atoms with Crippen LogP contribution in [0.3, 0.4) is 0 Å². The molecule has 0 saturated carbocycles. The van der Waals surface area contributed by atoms with Crippen LogP contribution in [0.4, 0.5) is 0 Å². The number of aryl methyl sites for hydroxylation is 1. The van der Waals surface area contributed by atoms with Gasteiger partial charge in [0.25, 0.3) is 0 Å². The molecule has 0 radical (unpaired) electrons. The van der Waals surface area contributed by atoms with Gasteiger partial charge in [-0.2, -0.15) is 9.29 Å². The molecule has 1 aromatic heterocycles. The maximum Gasteiger partial charge on any atom is 0.236 e. The van der Waals surface area contributed by atoms with Gasteiger partial charge in [-0.05, 0) is 13.8 Å². The number of nitrogens with zero attached hydrogens (tertiary/aromatic N) is 5. The first-order valence-corrected chi connectivity index (χ1v) is 10.8. The zero-order valence-electron chi connectivity index (χ0n) is 15.8. The molecule has 2 amide bonds.